The lowest BCUT2D eigenvalue weighted by Crippen LogP contribution is -2.35. The first-order chi connectivity index (χ1) is 12.5. The highest BCUT2D eigenvalue weighted by atomic mass is 16.2. The van der Waals surface area contributed by atoms with E-state index in [1.165, 1.54) is 0 Å². The van der Waals surface area contributed by atoms with Gasteiger partial charge in [0.2, 0.25) is 5.91 Å². The standard InChI is InChI=1S/C21H26N4O/c1-14(2)25-18-7-5-4-6-17(18)24-19(25)12-13-23-21(26)20(22)16-10-8-15(3)9-11-16/h4-11,14,20H,12-13,22H2,1-3H3,(H,23,26). The molecule has 1 aromatic heterocycles. The van der Waals surface area contributed by atoms with Crippen LogP contribution in [0.2, 0.25) is 0 Å². The van der Waals surface area contributed by atoms with Crippen LogP contribution in [0, 0.1) is 6.92 Å². The summed E-state index contributed by atoms with van der Waals surface area (Å²) in [4.78, 5) is 17.1. The number of carbonyl (C=O) groups is 1. The van der Waals surface area contributed by atoms with Crippen molar-refractivity contribution in [3.8, 4) is 0 Å². The van der Waals surface area contributed by atoms with Gasteiger partial charge in [0, 0.05) is 19.0 Å². The molecule has 0 aliphatic heterocycles. The number of aryl methyl sites for hydroxylation is 1. The van der Waals surface area contributed by atoms with Gasteiger partial charge in [0.1, 0.15) is 11.9 Å². The molecule has 1 atom stereocenters. The molecule has 5 heteroatoms. The zero-order chi connectivity index (χ0) is 18.7. The van der Waals surface area contributed by atoms with Crippen LogP contribution in [0.4, 0.5) is 0 Å². The Morgan fingerprint density at radius 1 is 1.15 bits per heavy atom. The monoisotopic (exact) mass is 350 g/mol. The third kappa shape index (κ3) is 3.78. The number of amides is 1. The molecule has 136 valence electrons. The zero-order valence-electron chi connectivity index (χ0n) is 15.6. The molecule has 3 N–H and O–H groups in total. The maximum absolute atomic E-state index is 12.3. The van der Waals surface area contributed by atoms with E-state index in [-0.39, 0.29) is 5.91 Å². The predicted molar refractivity (Wildman–Crippen MR) is 105 cm³/mol. The Morgan fingerprint density at radius 3 is 2.54 bits per heavy atom. The average Bonchev–Trinajstić information content (AvgIpc) is 3.00. The molecule has 0 aliphatic carbocycles. The summed E-state index contributed by atoms with van der Waals surface area (Å²) in [5.41, 5.74) is 10.2. The first kappa shape index (κ1) is 18.1. The van der Waals surface area contributed by atoms with Crippen molar-refractivity contribution in [1.29, 1.82) is 0 Å². The number of nitrogens with two attached hydrogens (primary N) is 1. The fourth-order valence-corrected chi connectivity index (χ4v) is 3.18. The van der Waals surface area contributed by atoms with Crippen LogP contribution in [0.25, 0.3) is 11.0 Å². The van der Waals surface area contributed by atoms with E-state index in [0.717, 1.165) is 28.0 Å². The normalized spacial score (nSPS) is 12.5. The maximum Gasteiger partial charge on any atom is 0.241 e. The molecule has 0 fully saturated rings. The number of benzene rings is 2. The smallest absolute Gasteiger partial charge is 0.241 e. The van der Waals surface area contributed by atoms with Gasteiger partial charge in [-0.15, -0.1) is 0 Å². The van der Waals surface area contributed by atoms with Crippen molar-refractivity contribution in [3.05, 3.63) is 65.5 Å². The summed E-state index contributed by atoms with van der Waals surface area (Å²) in [6.07, 6.45) is 0.666. The number of carbonyl (C=O) groups excluding carboxylic acids is 1. The molecule has 0 radical (unpaired) electrons. The van der Waals surface area contributed by atoms with Crippen LogP contribution < -0.4 is 11.1 Å². The zero-order valence-corrected chi connectivity index (χ0v) is 15.6. The minimum atomic E-state index is -0.653. The van der Waals surface area contributed by atoms with E-state index >= 15 is 0 Å². The molecule has 0 saturated carbocycles. The lowest BCUT2D eigenvalue weighted by molar-refractivity contribution is -0.122. The molecule has 26 heavy (non-hydrogen) atoms. The van der Waals surface area contributed by atoms with Gasteiger partial charge in [-0.25, -0.2) is 4.98 Å². The predicted octanol–water partition coefficient (Wildman–Crippen LogP) is 3.28. The van der Waals surface area contributed by atoms with Gasteiger partial charge >= 0.3 is 0 Å². The highest BCUT2D eigenvalue weighted by Gasteiger charge is 2.16. The quantitative estimate of drug-likeness (QED) is 0.716. The maximum atomic E-state index is 12.3. The Morgan fingerprint density at radius 2 is 1.85 bits per heavy atom. The lowest BCUT2D eigenvalue weighted by Gasteiger charge is -2.15. The van der Waals surface area contributed by atoms with Crippen molar-refractivity contribution in [2.24, 2.45) is 5.73 Å². The Balaban J connectivity index is 1.66. The average molecular weight is 350 g/mol. The van der Waals surface area contributed by atoms with Crippen LogP contribution in [0.1, 0.15) is 42.9 Å². The summed E-state index contributed by atoms with van der Waals surface area (Å²) in [7, 11) is 0. The van der Waals surface area contributed by atoms with E-state index in [4.69, 9.17) is 10.7 Å². The SMILES string of the molecule is Cc1ccc(C(N)C(=O)NCCc2nc3ccccc3n2C(C)C)cc1. The Labute approximate surface area is 154 Å². The van der Waals surface area contributed by atoms with E-state index < -0.39 is 6.04 Å². The summed E-state index contributed by atoms with van der Waals surface area (Å²) in [5, 5.41) is 2.94. The Bertz CT molecular complexity index is 896. The van der Waals surface area contributed by atoms with Gasteiger partial charge in [0.25, 0.3) is 0 Å². The molecule has 0 bridgehead atoms. The molecule has 2 aromatic carbocycles. The van der Waals surface area contributed by atoms with Gasteiger partial charge in [-0.1, -0.05) is 42.0 Å². The molecule has 1 amide bonds. The van der Waals surface area contributed by atoms with Crippen molar-refractivity contribution in [3.63, 3.8) is 0 Å². The van der Waals surface area contributed by atoms with Crippen LogP contribution in [0.5, 0.6) is 0 Å². The van der Waals surface area contributed by atoms with Crippen molar-refractivity contribution < 1.29 is 4.79 Å². The molecule has 0 spiro atoms. The minimum absolute atomic E-state index is 0.166. The molecule has 5 nitrogen and oxygen atoms in total. The van der Waals surface area contributed by atoms with Gasteiger partial charge in [-0.3, -0.25) is 4.79 Å². The molecular weight excluding hydrogens is 324 g/mol. The highest BCUT2D eigenvalue weighted by molar-refractivity contribution is 5.83. The molecule has 3 aromatic rings. The van der Waals surface area contributed by atoms with Crippen molar-refractivity contribution in [1.82, 2.24) is 14.9 Å². The van der Waals surface area contributed by atoms with Crippen molar-refractivity contribution in [2.45, 2.75) is 39.3 Å². The molecule has 1 heterocycles. The third-order valence-electron chi connectivity index (χ3n) is 4.55. The van der Waals surface area contributed by atoms with Crippen LogP contribution in [-0.2, 0) is 11.2 Å². The number of nitrogens with one attached hydrogen (secondary N) is 1. The van der Waals surface area contributed by atoms with E-state index in [9.17, 15) is 4.79 Å². The number of hydrogen-bond acceptors (Lipinski definition) is 3. The number of para-hydroxylation sites is 2. The van der Waals surface area contributed by atoms with Gasteiger partial charge in [-0.05, 0) is 38.5 Å². The summed E-state index contributed by atoms with van der Waals surface area (Å²) in [5.74, 6) is 0.812. The summed E-state index contributed by atoms with van der Waals surface area (Å²) in [6, 6.07) is 15.5. The van der Waals surface area contributed by atoms with Crippen molar-refractivity contribution in [2.75, 3.05) is 6.54 Å². The fraction of sp³-hybridized carbons (Fsp3) is 0.333. The van der Waals surface area contributed by atoms with Gasteiger partial charge < -0.3 is 15.6 Å². The van der Waals surface area contributed by atoms with Gasteiger partial charge in [-0.2, -0.15) is 0 Å². The number of aromatic nitrogens is 2. The number of rotatable bonds is 6. The molecule has 0 aliphatic rings. The lowest BCUT2D eigenvalue weighted by atomic mass is 10.1. The number of nitrogens with zero attached hydrogens (tertiary/aromatic N) is 2. The molecule has 3 rings (SSSR count). The van der Waals surface area contributed by atoms with Crippen LogP contribution in [0.15, 0.2) is 48.5 Å². The molecule has 0 saturated heterocycles. The third-order valence-corrected chi connectivity index (χ3v) is 4.55. The van der Waals surface area contributed by atoms with E-state index in [1.807, 2.05) is 49.4 Å². The second-order valence-corrected chi connectivity index (χ2v) is 6.91. The Hall–Kier alpha value is -2.66. The summed E-state index contributed by atoms with van der Waals surface area (Å²) < 4.78 is 2.22. The van der Waals surface area contributed by atoms with Crippen LogP contribution in [-0.4, -0.2) is 22.0 Å². The van der Waals surface area contributed by atoms with E-state index in [0.29, 0.717) is 19.0 Å². The molecular formula is C21H26N4O. The van der Waals surface area contributed by atoms with Crippen LogP contribution in [0.3, 0.4) is 0 Å². The number of fused-ring (bicyclic) bond motifs is 1. The summed E-state index contributed by atoms with van der Waals surface area (Å²) in [6.45, 7) is 6.80. The number of imidazole rings is 1. The largest absolute Gasteiger partial charge is 0.354 e. The van der Waals surface area contributed by atoms with Gasteiger partial charge in [0.15, 0.2) is 0 Å². The number of hydrogen-bond donors (Lipinski definition) is 2. The minimum Gasteiger partial charge on any atom is -0.354 e. The van der Waals surface area contributed by atoms with Crippen LogP contribution >= 0.6 is 0 Å². The van der Waals surface area contributed by atoms with Crippen molar-refractivity contribution >= 4 is 16.9 Å². The Kier molecular flexibility index (Phi) is 5.38. The fourth-order valence-electron chi connectivity index (χ4n) is 3.18. The van der Waals surface area contributed by atoms with E-state index in [1.54, 1.807) is 0 Å². The first-order valence-electron chi connectivity index (χ1n) is 9.03. The second kappa shape index (κ2) is 7.70. The first-order valence-corrected chi connectivity index (χ1v) is 9.03. The topological polar surface area (TPSA) is 72.9 Å². The molecule has 1 unspecified atom stereocenters. The van der Waals surface area contributed by atoms with E-state index in [2.05, 4.69) is 29.8 Å². The second-order valence-electron chi connectivity index (χ2n) is 6.91. The highest BCUT2D eigenvalue weighted by Crippen LogP contribution is 2.21. The van der Waals surface area contributed by atoms with Gasteiger partial charge in [0.05, 0.1) is 11.0 Å². The summed E-state index contributed by atoms with van der Waals surface area (Å²) >= 11 is 0.